The first-order chi connectivity index (χ1) is 14.0. The molecule has 29 heavy (non-hydrogen) atoms. The minimum Gasteiger partial charge on any atom is -0.356 e. The second kappa shape index (κ2) is 10.7. The Morgan fingerprint density at radius 2 is 1.93 bits per heavy atom. The number of benzene rings is 1. The fraction of sp³-hybridized carbons (Fsp3) is 0.565. The zero-order chi connectivity index (χ0) is 20.6. The van der Waals surface area contributed by atoms with Crippen LogP contribution in [0, 0.1) is 19.8 Å². The van der Waals surface area contributed by atoms with Crippen molar-refractivity contribution < 1.29 is 0 Å². The molecule has 0 saturated carbocycles. The molecule has 6 heteroatoms. The minimum absolute atomic E-state index is 0.451. The summed E-state index contributed by atoms with van der Waals surface area (Å²) in [5, 5.41) is 10.4. The molecule has 1 atom stereocenters. The Labute approximate surface area is 179 Å². The minimum atomic E-state index is 0.451. The van der Waals surface area contributed by atoms with Gasteiger partial charge in [-0.15, -0.1) is 11.3 Å². The molecule has 1 aromatic carbocycles. The summed E-state index contributed by atoms with van der Waals surface area (Å²) in [6, 6.07) is 8.80. The molecular formula is C23H35N5S. The van der Waals surface area contributed by atoms with E-state index < -0.39 is 0 Å². The molecule has 1 saturated heterocycles. The maximum atomic E-state index is 4.60. The van der Waals surface area contributed by atoms with Crippen LogP contribution in [0.25, 0.3) is 0 Å². The van der Waals surface area contributed by atoms with Gasteiger partial charge < -0.3 is 10.6 Å². The number of aryl methyl sites for hydroxylation is 2. The molecule has 1 aromatic heterocycles. The molecule has 0 aliphatic carbocycles. The van der Waals surface area contributed by atoms with Gasteiger partial charge in [-0.3, -0.25) is 9.89 Å². The van der Waals surface area contributed by atoms with E-state index in [0.717, 1.165) is 43.7 Å². The molecule has 2 N–H and O–H groups in total. The average Bonchev–Trinajstić information content (AvgIpc) is 3.14. The lowest BCUT2D eigenvalue weighted by Gasteiger charge is -2.31. The normalized spacial score (nSPS) is 17.3. The monoisotopic (exact) mass is 413 g/mol. The number of thiazole rings is 1. The van der Waals surface area contributed by atoms with Gasteiger partial charge in [0.25, 0.3) is 0 Å². The Morgan fingerprint density at radius 3 is 2.55 bits per heavy atom. The first kappa shape index (κ1) is 21.8. The van der Waals surface area contributed by atoms with Crippen molar-refractivity contribution in [3.05, 3.63) is 51.5 Å². The number of guanidine groups is 1. The molecule has 0 spiro atoms. The highest BCUT2D eigenvalue weighted by Crippen LogP contribution is 2.19. The van der Waals surface area contributed by atoms with Gasteiger partial charge in [-0.25, -0.2) is 4.98 Å². The van der Waals surface area contributed by atoms with Crippen molar-refractivity contribution in [1.82, 2.24) is 20.5 Å². The van der Waals surface area contributed by atoms with E-state index in [4.69, 9.17) is 0 Å². The van der Waals surface area contributed by atoms with Gasteiger partial charge in [0.2, 0.25) is 0 Å². The lowest BCUT2D eigenvalue weighted by Crippen LogP contribution is -2.43. The summed E-state index contributed by atoms with van der Waals surface area (Å²) < 4.78 is 0. The van der Waals surface area contributed by atoms with E-state index >= 15 is 0 Å². The maximum Gasteiger partial charge on any atom is 0.191 e. The van der Waals surface area contributed by atoms with Crippen molar-refractivity contribution in [3.8, 4) is 0 Å². The second-order valence-electron chi connectivity index (χ2n) is 8.22. The van der Waals surface area contributed by atoms with Crippen LogP contribution < -0.4 is 10.6 Å². The Morgan fingerprint density at radius 1 is 1.21 bits per heavy atom. The van der Waals surface area contributed by atoms with E-state index in [1.54, 1.807) is 11.3 Å². The van der Waals surface area contributed by atoms with E-state index in [2.05, 4.69) is 75.9 Å². The van der Waals surface area contributed by atoms with E-state index in [1.165, 1.54) is 29.7 Å². The number of likely N-dealkylation sites (tertiary alicyclic amines) is 1. The van der Waals surface area contributed by atoms with E-state index in [1.807, 2.05) is 7.05 Å². The fourth-order valence-corrected chi connectivity index (χ4v) is 4.39. The topological polar surface area (TPSA) is 52.6 Å². The molecule has 2 aromatic rings. The summed E-state index contributed by atoms with van der Waals surface area (Å²) in [6.45, 7) is 11.6. The first-order valence-electron chi connectivity index (χ1n) is 10.7. The smallest absolute Gasteiger partial charge is 0.191 e. The number of hydrogen-bond acceptors (Lipinski definition) is 4. The number of aromatic nitrogens is 1. The van der Waals surface area contributed by atoms with Crippen molar-refractivity contribution >= 4 is 17.3 Å². The summed E-state index contributed by atoms with van der Waals surface area (Å²) in [7, 11) is 1.85. The molecule has 2 heterocycles. The Bertz CT molecular complexity index is 775. The van der Waals surface area contributed by atoms with Crippen LogP contribution in [0.1, 0.15) is 47.5 Å². The zero-order valence-electron chi connectivity index (χ0n) is 18.2. The number of aliphatic imine (C=N–C) groups is 1. The van der Waals surface area contributed by atoms with Gasteiger partial charge in [-0.1, -0.05) is 36.8 Å². The van der Waals surface area contributed by atoms with Crippen molar-refractivity contribution in [2.45, 2.75) is 46.1 Å². The zero-order valence-corrected chi connectivity index (χ0v) is 19.1. The first-order valence-corrected chi connectivity index (χ1v) is 11.6. The van der Waals surface area contributed by atoms with Crippen LogP contribution in [0.2, 0.25) is 0 Å². The van der Waals surface area contributed by atoms with E-state index in [0.29, 0.717) is 11.8 Å². The van der Waals surface area contributed by atoms with Gasteiger partial charge in [0.15, 0.2) is 5.96 Å². The predicted octanol–water partition coefficient (Wildman–Crippen LogP) is 3.94. The second-order valence-corrected chi connectivity index (χ2v) is 9.29. The van der Waals surface area contributed by atoms with Crippen LogP contribution in [0.15, 0.2) is 34.6 Å². The van der Waals surface area contributed by atoms with Gasteiger partial charge in [0.1, 0.15) is 0 Å². The van der Waals surface area contributed by atoms with Gasteiger partial charge in [-0.2, -0.15) is 0 Å². The molecule has 1 unspecified atom stereocenters. The quantitative estimate of drug-likeness (QED) is 0.533. The molecule has 158 valence electrons. The predicted molar refractivity (Wildman–Crippen MR) is 124 cm³/mol. The standard InChI is InChI=1S/C23H35N5S/c1-17-5-7-21(8-6-17)18(2)13-25-23(24-4)26-14-20-9-11-28(12-10-20)15-22-16-29-19(3)27-22/h5-8,16,18,20H,9-15H2,1-4H3,(H2,24,25,26). The summed E-state index contributed by atoms with van der Waals surface area (Å²) in [5.41, 5.74) is 3.89. The highest BCUT2D eigenvalue weighted by atomic mass is 32.1. The van der Waals surface area contributed by atoms with Gasteiger partial charge >= 0.3 is 0 Å². The Kier molecular flexibility index (Phi) is 8.07. The molecule has 0 radical (unpaired) electrons. The van der Waals surface area contributed by atoms with Crippen LogP contribution >= 0.6 is 11.3 Å². The third kappa shape index (κ3) is 6.82. The fourth-order valence-electron chi connectivity index (χ4n) is 3.78. The third-order valence-corrected chi connectivity index (χ3v) is 6.59. The highest BCUT2D eigenvalue weighted by molar-refractivity contribution is 7.09. The maximum absolute atomic E-state index is 4.60. The number of nitrogens with zero attached hydrogens (tertiary/aromatic N) is 3. The van der Waals surface area contributed by atoms with Gasteiger partial charge in [-0.05, 0) is 57.2 Å². The molecule has 0 bridgehead atoms. The number of nitrogens with one attached hydrogen (secondary N) is 2. The summed E-state index contributed by atoms with van der Waals surface area (Å²) in [5.74, 6) is 2.06. The average molecular weight is 414 g/mol. The lowest BCUT2D eigenvalue weighted by atomic mass is 9.97. The molecule has 1 aliphatic rings. The van der Waals surface area contributed by atoms with Crippen LogP contribution in [-0.2, 0) is 6.54 Å². The van der Waals surface area contributed by atoms with Crippen LogP contribution in [0.3, 0.4) is 0 Å². The van der Waals surface area contributed by atoms with Crippen molar-refractivity contribution in [3.63, 3.8) is 0 Å². The summed E-state index contributed by atoms with van der Waals surface area (Å²) in [4.78, 5) is 11.5. The summed E-state index contributed by atoms with van der Waals surface area (Å²) >= 11 is 1.75. The Hall–Kier alpha value is -1.92. The van der Waals surface area contributed by atoms with Gasteiger partial charge in [0.05, 0.1) is 10.7 Å². The van der Waals surface area contributed by atoms with Gasteiger partial charge in [0, 0.05) is 32.1 Å². The molecule has 0 amide bonds. The van der Waals surface area contributed by atoms with Crippen molar-refractivity contribution in [2.75, 3.05) is 33.2 Å². The molecule has 3 rings (SSSR count). The molecular weight excluding hydrogens is 378 g/mol. The lowest BCUT2D eigenvalue weighted by molar-refractivity contribution is 0.176. The number of piperidine rings is 1. The van der Waals surface area contributed by atoms with Crippen LogP contribution in [0.4, 0.5) is 0 Å². The number of hydrogen-bond donors (Lipinski definition) is 2. The largest absolute Gasteiger partial charge is 0.356 e. The van der Waals surface area contributed by atoms with Crippen molar-refractivity contribution in [2.24, 2.45) is 10.9 Å². The SMILES string of the molecule is CN=C(NCC1CCN(Cc2csc(C)n2)CC1)NCC(C)c1ccc(C)cc1. The molecule has 1 aliphatic heterocycles. The third-order valence-electron chi connectivity index (χ3n) is 5.76. The highest BCUT2D eigenvalue weighted by Gasteiger charge is 2.20. The molecule has 5 nitrogen and oxygen atoms in total. The molecule has 1 fully saturated rings. The summed E-state index contributed by atoms with van der Waals surface area (Å²) in [6.07, 6.45) is 2.46. The van der Waals surface area contributed by atoms with Crippen molar-refractivity contribution in [1.29, 1.82) is 0 Å². The Balaban J connectivity index is 1.36. The number of rotatable bonds is 7. The van der Waals surface area contributed by atoms with E-state index in [-0.39, 0.29) is 0 Å². The van der Waals surface area contributed by atoms with Crippen LogP contribution in [0.5, 0.6) is 0 Å². The van der Waals surface area contributed by atoms with E-state index in [9.17, 15) is 0 Å². The van der Waals surface area contributed by atoms with Crippen LogP contribution in [-0.4, -0.2) is 49.1 Å².